The van der Waals surface area contributed by atoms with Crippen LogP contribution in [0, 0.1) is 0 Å². The second kappa shape index (κ2) is 5.80. The summed E-state index contributed by atoms with van der Waals surface area (Å²) in [5.41, 5.74) is 1.56. The van der Waals surface area contributed by atoms with E-state index in [2.05, 4.69) is 0 Å². The zero-order valence-electron chi connectivity index (χ0n) is 12.7. The first-order valence-electron chi connectivity index (χ1n) is 7.07. The highest BCUT2D eigenvalue weighted by atomic mass is 16.5. The van der Waals surface area contributed by atoms with E-state index in [0.717, 1.165) is 11.1 Å². The van der Waals surface area contributed by atoms with Crippen molar-refractivity contribution in [3.63, 3.8) is 0 Å². The standard InChI is InChI=1S/C17H23NO2/c1-13(10-15-8-6-5-7-9-15)16(19)18-11-14(2)20-12-17(18,3)4/h5-10,14H,11-12H2,1-4H3/b13-10+. The number of rotatable bonds is 2. The molecular formula is C17H23NO2. The number of ether oxygens (including phenoxy) is 1. The van der Waals surface area contributed by atoms with Crippen LogP contribution in [0.2, 0.25) is 0 Å². The van der Waals surface area contributed by atoms with Crippen molar-refractivity contribution in [1.82, 2.24) is 4.90 Å². The number of benzene rings is 1. The van der Waals surface area contributed by atoms with Crippen LogP contribution in [0.4, 0.5) is 0 Å². The van der Waals surface area contributed by atoms with Crippen molar-refractivity contribution in [3.05, 3.63) is 41.5 Å². The van der Waals surface area contributed by atoms with Gasteiger partial charge >= 0.3 is 0 Å². The number of hydrogen-bond donors (Lipinski definition) is 0. The van der Waals surface area contributed by atoms with Gasteiger partial charge in [0.25, 0.3) is 0 Å². The van der Waals surface area contributed by atoms with E-state index in [0.29, 0.717) is 13.2 Å². The molecule has 1 amide bonds. The summed E-state index contributed by atoms with van der Waals surface area (Å²) < 4.78 is 5.66. The van der Waals surface area contributed by atoms with Gasteiger partial charge in [-0.2, -0.15) is 0 Å². The SMILES string of the molecule is C/C(=C\c1ccccc1)C(=O)N1CC(C)OCC1(C)C. The second-order valence-corrected chi connectivity index (χ2v) is 6.09. The Morgan fingerprint density at radius 2 is 2.00 bits per heavy atom. The van der Waals surface area contributed by atoms with Gasteiger partial charge in [0.2, 0.25) is 5.91 Å². The Labute approximate surface area is 121 Å². The maximum Gasteiger partial charge on any atom is 0.250 e. The molecule has 0 saturated carbocycles. The first-order valence-corrected chi connectivity index (χ1v) is 7.07. The summed E-state index contributed by atoms with van der Waals surface area (Å²) in [7, 11) is 0. The van der Waals surface area contributed by atoms with Gasteiger partial charge < -0.3 is 9.64 Å². The maximum atomic E-state index is 12.7. The summed E-state index contributed by atoms with van der Waals surface area (Å²) >= 11 is 0. The fourth-order valence-electron chi connectivity index (χ4n) is 2.41. The quantitative estimate of drug-likeness (QED) is 0.775. The minimum atomic E-state index is -0.255. The monoisotopic (exact) mass is 273 g/mol. The predicted molar refractivity (Wildman–Crippen MR) is 81.3 cm³/mol. The van der Waals surface area contributed by atoms with E-state index in [4.69, 9.17) is 4.74 Å². The van der Waals surface area contributed by atoms with Crippen LogP contribution >= 0.6 is 0 Å². The molecule has 0 aliphatic carbocycles. The molecule has 0 radical (unpaired) electrons. The van der Waals surface area contributed by atoms with E-state index in [-0.39, 0.29) is 17.6 Å². The molecule has 1 aliphatic rings. The van der Waals surface area contributed by atoms with Gasteiger partial charge in [0, 0.05) is 12.1 Å². The summed E-state index contributed by atoms with van der Waals surface area (Å²) in [6, 6.07) is 9.93. The lowest BCUT2D eigenvalue weighted by Crippen LogP contribution is -2.58. The third-order valence-electron chi connectivity index (χ3n) is 3.66. The molecule has 20 heavy (non-hydrogen) atoms. The molecule has 3 nitrogen and oxygen atoms in total. The molecule has 1 aromatic carbocycles. The third kappa shape index (κ3) is 3.28. The van der Waals surface area contributed by atoms with E-state index in [1.807, 2.05) is 69.0 Å². The Kier molecular flexibility index (Phi) is 4.29. The third-order valence-corrected chi connectivity index (χ3v) is 3.66. The van der Waals surface area contributed by atoms with Crippen molar-refractivity contribution in [1.29, 1.82) is 0 Å². The van der Waals surface area contributed by atoms with E-state index in [1.165, 1.54) is 0 Å². The lowest BCUT2D eigenvalue weighted by Gasteiger charge is -2.44. The first-order chi connectivity index (χ1) is 9.40. The summed E-state index contributed by atoms with van der Waals surface area (Å²) in [5, 5.41) is 0. The number of hydrogen-bond acceptors (Lipinski definition) is 2. The highest BCUT2D eigenvalue weighted by Crippen LogP contribution is 2.24. The Morgan fingerprint density at radius 3 is 2.65 bits per heavy atom. The average Bonchev–Trinajstić information content (AvgIpc) is 2.42. The van der Waals surface area contributed by atoms with Gasteiger partial charge in [0.05, 0.1) is 18.2 Å². The van der Waals surface area contributed by atoms with Crippen molar-refractivity contribution in [2.45, 2.75) is 39.3 Å². The molecule has 1 fully saturated rings. The van der Waals surface area contributed by atoms with Gasteiger partial charge in [0.1, 0.15) is 0 Å². The van der Waals surface area contributed by atoms with Crippen LogP contribution < -0.4 is 0 Å². The molecule has 1 aromatic rings. The number of morpholine rings is 1. The summed E-state index contributed by atoms with van der Waals surface area (Å²) in [6.45, 7) is 9.21. The minimum Gasteiger partial charge on any atom is -0.374 e. The smallest absolute Gasteiger partial charge is 0.250 e. The average molecular weight is 273 g/mol. The zero-order valence-corrected chi connectivity index (χ0v) is 12.7. The van der Waals surface area contributed by atoms with Crippen molar-refractivity contribution in [2.24, 2.45) is 0 Å². The fraction of sp³-hybridized carbons (Fsp3) is 0.471. The molecular weight excluding hydrogens is 250 g/mol. The molecule has 1 unspecified atom stereocenters. The predicted octanol–water partition coefficient (Wildman–Crippen LogP) is 3.12. The van der Waals surface area contributed by atoms with Gasteiger partial charge in [-0.05, 0) is 39.3 Å². The highest BCUT2D eigenvalue weighted by Gasteiger charge is 2.36. The maximum absolute atomic E-state index is 12.7. The summed E-state index contributed by atoms with van der Waals surface area (Å²) in [6.07, 6.45) is 2.04. The van der Waals surface area contributed by atoms with Crippen molar-refractivity contribution >= 4 is 12.0 Å². The molecule has 108 valence electrons. The van der Waals surface area contributed by atoms with Gasteiger partial charge in [0.15, 0.2) is 0 Å². The van der Waals surface area contributed by atoms with E-state index in [9.17, 15) is 4.79 Å². The van der Waals surface area contributed by atoms with Crippen LogP contribution in [0.15, 0.2) is 35.9 Å². The lowest BCUT2D eigenvalue weighted by molar-refractivity contribution is -0.148. The molecule has 1 atom stereocenters. The van der Waals surface area contributed by atoms with Crippen LogP contribution in [0.5, 0.6) is 0 Å². The largest absolute Gasteiger partial charge is 0.374 e. The Morgan fingerprint density at radius 1 is 1.35 bits per heavy atom. The summed E-state index contributed by atoms with van der Waals surface area (Å²) in [4.78, 5) is 14.6. The molecule has 0 aromatic heterocycles. The first kappa shape index (κ1) is 14.8. The Balaban J connectivity index is 2.19. The molecule has 3 heteroatoms. The molecule has 1 saturated heterocycles. The van der Waals surface area contributed by atoms with Crippen LogP contribution in [0.1, 0.15) is 33.3 Å². The van der Waals surface area contributed by atoms with Crippen molar-refractivity contribution in [2.75, 3.05) is 13.2 Å². The lowest BCUT2D eigenvalue weighted by atomic mass is 9.99. The fourth-order valence-corrected chi connectivity index (χ4v) is 2.41. The van der Waals surface area contributed by atoms with Crippen molar-refractivity contribution < 1.29 is 9.53 Å². The number of carbonyl (C=O) groups excluding carboxylic acids is 1. The number of carbonyl (C=O) groups is 1. The van der Waals surface area contributed by atoms with Crippen LogP contribution in [-0.2, 0) is 9.53 Å². The zero-order chi connectivity index (χ0) is 14.8. The van der Waals surface area contributed by atoms with Gasteiger partial charge in [-0.25, -0.2) is 0 Å². The number of amides is 1. The van der Waals surface area contributed by atoms with E-state index < -0.39 is 0 Å². The normalized spacial score (nSPS) is 22.7. The van der Waals surface area contributed by atoms with Gasteiger partial charge in [-0.1, -0.05) is 30.3 Å². The minimum absolute atomic E-state index is 0.0917. The van der Waals surface area contributed by atoms with Crippen LogP contribution in [-0.4, -0.2) is 35.6 Å². The Bertz CT molecular complexity index is 505. The molecule has 2 rings (SSSR count). The van der Waals surface area contributed by atoms with Crippen molar-refractivity contribution in [3.8, 4) is 0 Å². The second-order valence-electron chi connectivity index (χ2n) is 6.09. The molecule has 0 spiro atoms. The van der Waals surface area contributed by atoms with Crippen LogP contribution in [0.3, 0.4) is 0 Å². The van der Waals surface area contributed by atoms with E-state index in [1.54, 1.807) is 0 Å². The topological polar surface area (TPSA) is 29.5 Å². The molecule has 0 N–H and O–H groups in total. The molecule has 1 aliphatic heterocycles. The highest BCUT2D eigenvalue weighted by molar-refractivity contribution is 5.97. The van der Waals surface area contributed by atoms with Gasteiger partial charge in [-0.15, -0.1) is 0 Å². The number of nitrogens with zero attached hydrogens (tertiary/aromatic N) is 1. The van der Waals surface area contributed by atoms with E-state index >= 15 is 0 Å². The Hall–Kier alpha value is -1.61. The van der Waals surface area contributed by atoms with Crippen LogP contribution in [0.25, 0.3) is 6.08 Å². The van der Waals surface area contributed by atoms with Gasteiger partial charge in [-0.3, -0.25) is 4.79 Å². The molecule has 0 bridgehead atoms. The molecule has 1 heterocycles. The summed E-state index contributed by atoms with van der Waals surface area (Å²) in [5.74, 6) is 0.0917.